The smallest absolute Gasteiger partial charge is 0.231 e. The van der Waals surface area contributed by atoms with Crippen molar-refractivity contribution in [3.8, 4) is 34.4 Å². The second-order valence-corrected chi connectivity index (χ2v) is 7.01. The molecular weight excluding hydrogens is 431 g/mol. The average molecular weight is 452 g/mol. The number of hydrogen-bond donors (Lipinski definition) is 2. The van der Waals surface area contributed by atoms with Crippen LogP contribution in [0.15, 0.2) is 106 Å². The van der Waals surface area contributed by atoms with Crippen molar-refractivity contribution in [1.82, 2.24) is 9.97 Å². The van der Waals surface area contributed by atoms with Crippen molar-refractivity contribution in [3.63, 3.8) is 0 Å². The molecule has 0 bridgehead atoms. The number of aromatic hydroxyl groups is 2. The van der Waals surface area contributed by atoms with E-state index in [0.717, 1.165) is 22.2 Å². The van der Waals surface area contributed by atoms with Crippen molar-refractivity contribution in [2.45, 2.75) is 0 Å². The SMILES string of the molecule is Oc1ccccc1-c1nc2ccccc2o1.Oc1ccccc1-c1nc2ccccc2o1.[AlH3]. The minimum Gasteiger partial charge on any atom is -0.507 e. The monoisotopic (exact) mass is 452 g/mol. The summed E-state index contributed by atoms with van der Waals surface area (Å²) >= 11 is 0. The molecule has 0 saturated heterocycles. The number of benzene rings is 4. The molecule has 0 atom stereocenters. The number of phenols is 2. The third-order valence-corrected chi connectivity index (χ3v) is 4.86. The molecule has 162 valence electrons. The summed E-state index contributed by atoms with van der Waals surface area (Å²) in [5.74, 6) is 1.24. The third-order valence-electron chi connectivity index (χ3n) is 4.86. The number of rotatable bonds is 2. The zero-order valence-electron chi connectivity index (χ0n) is 16.8. The van der Waals surface area contributed by atoms with Crippen LogP contribution in [0.3, 0.4) is 0 Å². The van der Waals surface area contributed by atoms with Crippen molar-refractivity contribution >= 4 is 39.6 Å². The van der Waals surface area contributed by atoms with E-state index in [1.54, 1.807) is 36.4 Å². The lowest BCUT2D eigenvalue weighted by atomic mass is 10.2. The Morgan fingerprint density at radius 3 is 1.24 bits per heavy atom. The second-order valence-electron chi connectivity index (χ2n) is 7.01. The molecule has 0 aliphatic rings. The van der Waals surface area contributed by atoms with Gasteiger partial charge in [-0.2, -0.15) is 0 Å². The van der Waals surface area contributed by atoms with Gasteiger partial charge in [-0.1, -0.05) is 48.5 Å². The summed E-state index contributed by atoms with van der Waals surface area (Å²) in [5, 5.41) is 19.4. The Kier molecular flexibility index (Phi) is 6.46. The molecule has 4 aromatic carbocycles. The van der Waals surface area contributed by atoms with Gasteiger partial charge in [0.15, 0.2) is 28.5 Å². The number of fused-ring (bicyclic) bond motifs is 2. The number of oxazole rings is 2. The molecule has 0 fully saturated rings. The molecule has 0 saturated carbocycles. The zero-order chi connectivity index (χ0) is 21.9. The Morgan fingerprint density at radius 1 is 0.485 bits per heavy atom. The number of phenolic OH excluding ortho intramolecular Hbond substituents is 2. The van der Waals surface area contributed by atoms with Gasteiger partial charge in [-0.25, -0.2) is 9.97 Å². The first-order valence-electron chi connectivity index (χ1n) is 9.97. The van der Waals surface area contributed by atoms with Gasteiger partial charge in [-0.3, -0.25) is 0 Å². The van der Waals surface area contributed by atoms with E-state index >= 15 is 0 Å². The van der Waals surface area contributed by atoms with E-state index in [1.807, 2.05) is 60.7 Å². The van der Waals surface area contributed by atoms with Crippen LogP contribution in [0.4, 0.5) is 0 Å². The highest BCUT2D eigenvalue weighted by molar-refractivity contribution is 5.78. The van der Waals surface area contributed by atoms with Gasteiger partial charge in [0.1, 0.15) is 22.5 Å². The maximum atomic E-state index is 9.69. The van der Waals surface area contributed by atoms with Gasteiger partial charge < -0.3 is 19.0 Å². The zero-order valence-corrected chi connectivity index (χ0v) is 16.8. The van der Waals surface area contributed by atoms with Gasteiger partial charge >= 0.3 is 0 Å². The summed E-state index contributed by atoms with van der Waals surface area (Å²) in [6.07, 6.45) is 0. The normalized spacial score (nSPS) is 10.4. The molecule has 2 heterocycles. The van der Waals surface area contributed by atoms with Gasteiger partial charge in [0, 0.05) is 0 Å². The Bertz CT molecular complexity index is 1340. The van der Waals surface area contributed by atoms with Crippen LogP contribution in [0.5, 0.6) is 11.5 Å². The number of para-hydroxylation sites is 6. The molecule has 33 heavy (non-hydrogen) atoms. The van der Waals surface area contributed by atoms with Crippen LogP contribution in [-0.4, -0.2) is 37.5 Å². The minimum atomic E-state index is 0. The lowest BCUT2D eigenvalue weighted by Crippen LogP contribution is -1.77. The van der Waals surface area contributed by atoms with Gasteiger partial charge in [0.2, 0.25) is 11.8 Å². The topological polar surface area (TPSA) is 92.5 Å². The predicted octanol–water partition coefficient (Wildman–Crippen LogP) is 5.22. The second kappa shape index (κ2) is 9.62. The molecule has 2 N–H and O–H groups in total. The molecule has 0 aliphatic carbocycles. The van der Waals surface area contributed by atoms with Gasteiger partial charge in [0.05, 0.1) is 11.1 Å². The molecule has 0 amide bonds. The molecule has 0 spiro atoms. The van der Waals surface area contributed by atoms with Gasteiger partial charge in [0.25, 0.3) is 0 Å². The Labute approximate surface area is 199 Å². The molecule has 0 unspecified atom stereocenters. The number of nitrogens with zero attached hydrogens (tertiary/aromatic N) is 2. The van der Waals surface area contributed by atoms with E-state index in [-0.39, 0.29) is 28.9 Å². The van der Waals surface area contributed by atoms with Crippen LogP contribution in [-0.2, 0) is 0 Å². The van der Waals surface area contributed by atoms with Crippen LogP contribution < -0.4 is 0 Å². The average Bonchev–Trinajstić information content (AvgIpc) is 3.44. The number of hydrogen-bond acceptors (Lipinski definition) is 6. The largest absolute Gasteiger partial charge is 0.507 e. The first-order chi connectivity index (χ1) is 15.7. The maximum absolute atomic E-state index is 9.69. The van der Waals surface area contributed by atoms with Gasteiger partial charge in [-0.05, 0) is 48.5 Å². The molecule has 6 rings (SSSR count). The summed E-state index contributed by atoms with van der Waals surface area (Å²) in [5.41, 5.74) is 4.25. The van der Waals surface area contributed by atoms with Crippen LogP contribution in [0, 0.1) is 0 Å². The summed E-state index contributed by atoms with van der Waals surface area (Å²) in [4.78, 5) is 8.63. The Hall–Kier alpha value is -4.05. The van der Waals surface area contributed by atoms with Crippen LogP contribution in [0.25, 0.3) is 45.1 Å². The summed E-state index contributed by atoms with van der Waals surface area (Å²) in [7, 11) is 0. The Balaban J connectivity index is 0.000000152. The van der Waals surface area contributed by atoms with Gasteiger partial charge in [-0.15, -0.1) is 0 Å². The minimum absolute atomic E-state index is 0. The van der Waals surface area contributed by atoms with Crippen LogP contribution in [0.2, 0.25) is 0 Å². The van der Waals surface area contributed by atoms with E-state index < -0.39 is 0 Å². The van der Waals surface area contributed by atoms with Crippen molar-refractivity contribution in [2.75, 3.05) is 0 Å². The first-order valence-corrected chi connectivity index (χ1v) is 9.97. The fraction of sp³-hybridized carbons (Fsp3) is 0. The lowest BCUT2D eigenvalue weighted by molar-refractivity contribution is 0.473. The molecule has 6 aromatic rings. The van der Waals surface area contributed by atoms with Crippen molar-refractivity contribution < 1.29 is 19.0 Å². The molecule has 2 aromatic heterocycles. The van der Waals surface area contributed by atoms with E-state index in [0.29, 0.717) is 22.9 Å². The van der Waals surface area contributed by atoms with Crippen molar-refractivity contribution in [2.24, 2.45) is 0 Å². The van der Waals surface area contributed by atoms with Crippen LogP contribution >= 0.6 is 0 Å². The fourth-order valence-corrected chi connectivity index (χ4v) is 3.28. The van der Waals surface area contributed by atoms with Crippen molar-refractivity contribution in [3.05, 3.63) is 97.1 Å². The summed E-state index contributed by atoms with van der Waals surface area (Å²) < 4.78 is 11.1. The third kappa shape index (κ3) is 4.60. The molecule has 0 radical (unpaired) electrons. The maximum Gasteiger partial charge on any atom is 0.231 e. The molecular formula is C26H21AlN2O4. The standard InChI is InChI=1S/2C13H9NO2.Al.3H/c2*15-11-7-3-1-5-9(11)13-14-10-6-2-4-8-12(10)16-13;;;;/h2*1-8,15H;;;;. The Morgan fingerprint density at radius 2 is 0.848 bits per heavy atom. The van der Waals surface area contributed by atoms with Crippen molar-refractivity contribution in [1.29, 1.82) is 0 Å². The van der Waals surface area contributed by atoms with E-state index in [9.17, 15) is 10.2 Å². The van der Waals surface area contributed by atoms with Crippen LogP contribution in [0.1, 0.15) is 0 Å². The van der Waals surface area contributed by atoms with E-state index in [1.165, 1.54) is 0 Å². The molecule has 7 heteroatoms. The van der Waals surface area contributed by atoms with E-state index in [4.69, 9.17) is 8.83 Å². The van der Waals surface area contributed by atoms with E-state index in [2.05, 4.69) is 9.97 Å². The highest BCUT2D eigenvalue weighted by Crippen LogP contribution is 2.31. The lowest BCUT2D eigenvalue weighted by Gasteiger charge is -1.97. The quantitative estimate of drug-likeness (QED) is 0.350. The fourth-order valence-electron chi connectivity index (χ4n) is 3.28. The summed E-state index contributed by atoms with van der Waals surface area (Å²) in [6, 6.07) is 29.0. The highest BCUT2D eigenvalue weighted by Gasteiger charge is 2.11. The highest BCUT2D eigenvalue weighted by atomic mass is 27.0. The molecule has 0 aliphatic heterocycles. The number of aromatic nitrogens is 2. The predicted molar refractivity (Wildman–Crippen MR) is 132 cm³/mol. The first kappa shape index (κ1) is 22.2. The molecule has 6 nitrogen and oxygen atoms in total. The summed E-state index contributed by atoms with van der Waals surface area (Å²) in [6.45, 7) is 0.